The van der Waals surface area contributed by atoms with Crippen LogP contribution in [0.4, 0.5) is 5.69 Å². The Hall–Kier alpha value is -1.51. The quantitative estimate of drug-likeness (QED) is 0.603. The summed E-state index contributed by atoms with van der Waals surface area (Å²) in [4.78, 5) is 12.8. The van der Waals surface area contributed by atoms with Gasteiger partial charge in [-0.3, -0.25) is 10.1 Å². The summed E-state index contributed by atoms with van der Waals surface area (Å²) in [6, 6.07) is 5.61. The molecule has 25 heavy (non-hydrogen) atoms. The molecule has 1 aromatic rings. The molecule has 138 valence electrons. The molecule has 0 spiro atoms. The maximum Gasteiger partial charge on any atom is 0.269 e. The normalized spacial score (nSPS) is 22.1. The molecule has 2 fully saturated rings. The number of piperidine rings is 2. The van der Waals surface area contributed by atoms with E-state index in [4.69, 9.17) is 0 Å². The summed E-state index contributed by atoms with van der Waals surface area (Å²) in [6.45, 7) is 5.53. The fourth-order valence-corrected chi connectivity index (χ4v) is 5.20. The number of hydrogen-bond acceptors (Lipinski definition) is 5. The van der Waals surface area contributed by atoms with Gasteiger partial charge in [-0.05, 0) is 56.8 Å². The van der Waals surface area contributed by atoms with Gasteiger partial charge in [-0.1, -0.05) is 6.92 Å². The van der Waals surface area contributed by atoms with E-state index in [2.05, 4.69) is 11.8 Å². The first-order chi connectivity index (χ1) is 11.9. The lowest BCUT2D eigenvalue weighted by atomic mass is 9.95. The number of hydrogen-bond donors (Lipinski definition) is 0. The largest absolute Gasteiger partial charge is 0.300 e. The second-order valence-corrected chi connectivity index (χ2v) is 9.04. The van der Waals surface area contributed by atoms with Crippen molar-refractivity contribution in [3.8, 4) is 0 Å². The second kappa shape index (κ2) is 7.39. The average molecular weight is 367 g/mol. The van der Waals surface area contributed by atoms with E-state index in [1.54, 1.807) is 0 Å². The summed E-state index contributed by atoms with van der Waals surface area (Å²) in [5, 5.41) is 10.7. The number of rotatable bonds is 4. The Bertz CT molecular complexity index is 704. The van der Waals surface area contributed by atoms with Crippen molar-refractivity contribution in [3.05, 3.63) is 34.4 Å². The molecule has 2 saturated heterocycles. The van der Waals surface area contributed by atoms with Gasteiger partial charge in [0.05, 0.1) is 9.82 Å². The molecule has 2 aliphatic heterocycles. The fraction of sp³-hybridized carbons (Fsp3) is 0.647. The lowest BCUT2D eigenvalue weighted by Crippen LogP contribution is -2.48. The minimum absolute atomic E-state index is 0.100. The van der Waals surface area contributed by atoms with Crippen molar-refractivity contribution in [2.24, 2.45) is 5.92 Å². The van der Waals surface area contributed by atoms with Gasteiger partial charge in [-0.15, -0.1) is 0 Å². The van der Waals surface area contributed by atoms with Crippen LogP contribution in [0.3, 0.4) is 0 Å². The SMILES string of the molecule is CC1CCN(C2CCN(S(=O)(=O)c3ccc([N+](=O)[O-])cc3)CC2)CC1. The highest BCUT2D eigenvalue weighted by Gasteiger charge is 2.32. The Morgan fingerprint density at radius 2 is 1.56 bits per heavy atom. The Morgan fingerprint density at radius 3 is 2.08 bits per heavy atom. The molecule has 8 heteroatoms. The van der Waals surface area contributed by atoms with Crippen LogP contribution >= 0.6 is 0 Å². The van der Waals surface area contributed by atoms with E-state index in [1.165, 1.54) is 41.4 Å². The summed E-state index contributed by atoms with van der Waals surface area (Å²) < 4.78 is 27.0. The maximum absolute atomic E-state index is 12.7. The predicted molar refractivity (Wildman–Crippen MR) is 94.8 cm³/mol. The van der Waals surface area contributed by atoms with E-state index < -0.39 is 14.9 Å². The third-order valence-corrected chi connectivity index (χ3v) is 7.36. The monoisotopic (exact) mass is 367 g/mol. The first-order valence-corrected chi connectivity index (χ1v) is 10.3. The molecule has 0 amide bonds. The van der Waals surface area contributed by atoms with E-state index >= 15 is 0 Å². The highest BCUT2D eigenvalue weighted by Crippen LogP contribution is 2.27. The van der Waals surface area contributed by atoms with Crippen LogP contribution in [-0.4, -0.2) is 54.8 Å². The molecule has 0 unspecified atom stereocenters. The average Bonchev–Trinajstić information content (AvgIpc) is 2.62. The summed E-state index contributed by atoms with van der Waals surface area (Å²) in [5.41, 5.74) is -0.100. The fourth-order valence-electron chi connectivity index (χ4n) is 3.73. The second-order valence-electron chi connectivity index (χ2n) is 7.10. The van der Waals surface area contributed by atoms with Crippen molar-refractivity contribution in [3.63, 3.8) is 0 Å². The molecule has 1 aromatic carbocycles. The standard InChI is InChI=1S/C17H25N3O4S/c1-14-6-10-18(11-7-14)15-8-12-19(13-9-15)25(23,24)17-4-2-16(3-5-17)20(21)22/h2-5,14-15H,6-13H2,1H3. The van der Waals surface area contributed by atoms with Gasteiger partial charge in [0.1, 0.15) is 0 Å². The summed E-state index contributed by atoms with van der Waals surface area (Å²) in [7, 11) is -3.58. The molecule has 0 aromatic heterocycles. The third-order valence-electron chi connectivity index (χ3n) is 5.44. The topological polar surface area (TPSA) is 83.8 Å². The molecular formula is C17H25N3O4S. The number of likely N-dealkylation sites (tertiary alicyclic amines) is 1. The van der Waals surface area contributed by atoms with Gasteiger partial charge in [0, 0.05) is 31.3 Å². The zero-order valence-electron chi connectivity index (χ0n) is 14.5. The molecule has 7 nitrogen and oxygen atoms in total. The molecule has 2 heterocycles. The van der Waals surface area contributed by atoms with Crippen molar-refractivity contribution >= 4 is 15.7 Å². The minimum atomic E-state index is -3.58. The van der Waals surface area contributed by atoms with Crippen molar-refractivity contribution in [1.29, 1.82) is 0 Å². The smallest absolute Gasteiger partial charge is 0.269 e. The first kappa shape index (κ1) is 18.3. The number of nitrogens with zero attached hydrogens (tertiary/aromatic N) is 3. The number of nitro groups is 1. The van der Waals surface area contributed by atoms with E-state index in [0.717, 1.165) is 31.8 Å². The Labute approximate surface area is 148 Å². The van der Waals surface area contributed by atoms with Crippen LogP contribution in [0.1, 0.15) is 32.6 Å². The minimum Gasteiger partial charge on any atom is -0.300 e. The van der Waals surface area contributed by atoms with Crippen molar-refractivity contribution in [1.82, 2.24) is 9.21 Å². The van der Waals surface area contributed by atoms with Crippen LogP contribution < -0.4 is 0 Å². The van der Waals surface area contributed by atoms with Crippen LogP contribution in [0.5, 0.6) is 0 Å². The third kappa shape index (κ3) is 4.02. The van der Waals surface area contributed by atoms with E-state index in [0.29, 0.717) is 19.1 Å². The molecule has 0 bridgehead atoms. The van der Waals surface area contributed by atoms with Crippen LogP contribution in [0.2, 0.25) is 0 Å². The number of sulfonamides is 1. The van der Waals surface area contributed by atoms with Gasteiger partial charge in [0.15, 0.2) is 0 Å². The van der Waals surface area contributed by atoms with Crippen LogP contribution in [0.15, 0.2) is 29.2 Å². The van der Waals surface area contributed by atoms with Crippen molar-refractivity contribution < 1.29 is 13.3 Å². The lowest BCUT2D eigenvalue weighted by Gasteiger charge is -2.41. The molecule has 3 rings (SSSR count). The van der Waals surface area contributed by atoms with E-state index in [-0.39, 0.29) is 10.6 Å². The summed E-state index contributed by atoms with van der Waals surface area (Å²) in [6.07, 6.45) is 4.14. The Kier molecular flexibility index (Phi) is 5.41. The number of non-ortho nitro benzene ring substituents is 1. The van der Waals surface area contributed by atoms with Gasteiger partial charge in [0.2, 0.25) is 10.0 Å². The maximum atomic E-state index is 12.7. The molecule has 0 radical (unpaired) electrons. The van der Waals surface area contributed by atoms with Crippen molar-refractivity contribution in [2.45, 2.75) is 43.5 Å². The Morgan fingerprint density at radius 1 is 1.00 bits per heavy atom. The molecular weight excluding hydrogens is 342 g/mol. The van der Waals surface area contributed by atoms with E-state index in [9.17, 15) is 18.5 Å². The predicted octanol–water partition coefficient (Wildman–Crippen LogP) is 2.48. The lowest BCUT2D eigenvalue weighted by molar-refractivity contribution is -0.384. The zero-order valence-corrected chi connectivity index (χ0v) is 15.3. The molecule has 2 aliphatic rings. The van der Waals surface area contributed by atoms with Crippen LogP contribution in [0.25, 0.3) is 0 Å². The van der Waals surface area contributed by atoms with Gasteiger partial charge in [0.25, 0.3) is 5.69 Å². The number of benzene rings is 1. The zero-order chi connectivity index (χ0) is 18.0. The highest BCUT2D eigenvalue weighted by molar-refractivity contribution is 7.89. The molecule has 0 saturated carbocycles. The molecule has 0 N–H and O–H groups in total. The van der Waals surface area contributed by atoms with Crippen molar-refractivity contribution in [2.75, 3.05) is 26.2 Å². The van der Waals surface area contributed by atoms with Crippen LogP contribution in [0, 0.1) is 16.0 Å². The van der Waals surface area contributed by atoms with Crippen LogP contribution in [-0.2, 0) is 10.0 Å². The number of nitro benzene ring substituents is 1. The van der Waals surface area contributed by atoms with Gasteiger partial charge >= 0.3 is 0 Å². The molecule has 0 atom stereocenters. The van der Waals surface area contributed by atoms with Gasteiger partial charge < -0.3 is 4.90 Å². The van der Waals surface area contributed by atoms with E-state index in [1.807, 2.05) is 0 Å². The summed E-state index contributed by atoms with van der Waals surface area (Å²) >= 11 is 0. The first-order valence-electron chi connectivity index (χ1n) is 8.86. The highest BCUT2D eigenvalue weighted by atomic mass is 32.2. The van der Waals surface area contributed by atoms with Gasteiger partial charge in [-0.2, -0.15) is 4.31 Å². The van der Waals surface area contributed by atoms with Gasteiger partial charge in [-0.25, -0.2) is 8.42 Å². The summed E-state index contributed by atoms with van der Waals surface area (Å²) in [5.74, 6) is 0.791. The Balaban J connectivity index is 1.62. The molecule has 0 aliphatic carbocycles.